The highest BCUT2D eigenvalue weighted by Crippen LogP contribution is 2.13. The predicted molar refractivity (Wildman–Crippen MR) is 62.3 cm³/mol. The van der Waals surface area contributed by atoms with Gasteiger partial charge in [-0.25, -0.2) is 9.18 Å². The molecule has 0 amide bonds. The first kappa shape index (κ1) is 14.0. The summed E-state index contributed by atoms with van der Waals surface area (Å²) in [5, 5.41) is 0. The summed E-state index contributed by atoms with van der Waals surface area (Å²) in [4.78, 5) is 22.3. The van der Waals surface area contributed by atoms with Gasteiger partial charge in [0.1, 0.15) is 5.82 Å². The van der Waals surface area contributed by atoms with Crippen LogP contribution in [0.5, 0.6) is 0 Å². The molecule has 0 aliphatic heterocycles. The van der Waals surface area contributed by atoms with Gasteiger partial charge < -0.3 is 15.2 Å². The average molecular weight is 255 g/mol. The molecule has 0 fully saturated rings. The summed E-state index contributed by atoms with van der Waals surface area (Å²) in [6, 6.07) is 3.65. The van der Waals surface area contributed by atoms with Crippen LogP contribution in [-0.2, 0) is 14.3 Å². The number of halogens is 1. The molecule has 0 heterocycles. The van der Waals surface area contributed by atoms with Crippen LogP contribution < -0.4 is 5.73 Å². The maximum absolute atomic E-state index is 13.3. The molecule has 0 saturated heterocycles. The lowest BCUT2D eigenvalue weighted by atomic mass is 10.2. The van der Waals surface area contributed by atoms with Gasteiger partial charge in [0.15, 0.2) is 0 Å². The largest absolute Gasteiger partial charge is 0.469 e. The van der Waals surface area contributed by atoms with Crippen LogP contribution in [-0.4, -0.2) is 25.7 Å². The summed E-state index contributed by atoms with van der Waals surface area (Å²) < 4.78 is 22.5. The number of hydrogen-bond donors (Lipinski definition) is 1. The maximum atomic E-state index is 13.3. The Bertz CT molecular complexity index is 448. The van der Waals surface area contributed by atoms with E-state index >= 15 is 0 Å². The van der Waals surface area contributed by atoms with E-state index in [9.17, 15) is 14.0 Å². The molecule has 0 aromatic heterocycles. The minimum absolute atomic E-state index is 0.0160. The Morgan fingerprint density at radius 2 is 2.11 bits per heavy atom. The van der Waals surface area contributed by atoms with Crippen LogP contribution in [0.4, 0.5) is 10.1 Å². The Morgan fingerprint density at radius 3 is 2.78 bits per heavy atom. The van der Waals surface area contributed by atoms with E-state index in [1.807, 2.05) is 0 Å². The first-order valence-electron chi connectivity index (χ1n) is 5.33. The summed E-state index contributed by atoms with van der Waals surface area (Å²) in [6.07, 6.45) is 0.464. The van der Waals surface area contributed by atoms with Gasteiger partial charge in [-0.2, -0.15) is 0 Å². The molecule has 0 bridgehead atoms. The van der Waals surface area contributed by atoms with Crippen molar-refractivity contribution in [1.29, 1.82) is 0 Å². The molecule has 5 nitrogen and oxygen atoms in total. The van der Waals surface area contributed by atoms with Crippen LogP contribution in [0.25, 0.3) is 0 Å². The quantitative estimate of drug-likeness (QED) is 0.490. The summed E-state index contributed by atoms with van der Waals surface area (Å²) >= 11 is 0. The van der Waals surface area contributed by atoms with Crippen LogP contribution >= 0.6 is 0 Å². The van der Waals surface area contributed by atoms with Crippen molar-refractivity contribution in [3.05, 3.63) is 29.6 Å². The monoisotopic (exact) mass is 255 g/mol. The zero-order valence-corrected chi connectivity index (χ0v) is 9.94. The van der Waals surface area contributed by atoms with Crippen molar-refractivity contribution in [3.63, 3.8) is 0 Å². The van der Waals surface area contributed by atoms with Crippen LogP contribution in [0.2, 0.25) is 0 Å². The molecule has 2 N–H and O–H groups in total. The van der Waals surface area contributed by atoms with Gasteiger partial charge in [0.05, 0.1) is 19.3 Å². The second-order valence-electron chi connectivity index (χ2n) is 3.55. The third kappa shape index (κ3) is 4.04. The summed E-state index contributed by atoms with van der Waals surface area (Å²) in [7, 11) is 1.27. The van der Waals surface area contributed by atoms with E-state index < -0.39 is 11.8 Å². The second kappa shape index (κ2) is 6.58. The minimum Gasteiger partial charge on any atom is -0.469 e. The first-order valence-corrected chi connectivity index (χ1v) is 5.33. The lowest BCUT2D eigenvalue weighted by molar-refractivity contribution is -0.140. The third-order valence-corrected chi connectivity index (χ3v) is 2.20. The number of ether oxygens (including phenoxy) is 2. The number of anilines is 1. The zero-order valence-electron chi connectivity index (χ0n) is 9.94. The highest BCUT2D eigenvalue weighted by Gasteiger charge is 2.13. The van der Waals surface area contributed by atoms with Crippen LogP contribution in [0.15, 0.2) is 18.2 Å². The van der Waals surface area contributed by atoms with E-state index in [0.717, 1.165) is 6.07 Å². The fraction of sp³-hybridized carbons (Fsp3) is 0.333. The summed E-state index contributed by atoms with van der Waals surface area (Å²) in [6.45, 7) is 0.0160. The van der Waals surface area contributed by atoms with Gasteiger partial charge in [-0.05, 0) is 24.6 Å². The van der Waals surface area contributed by atoms with E-state index in [4.69, 9.17) is 10.5 Å². The van der Waals surface area contributed by atoms with Gasteiger partial charge in [-0.15, -0.1) is 0 Å². The molecule has 1 aromatic carbocycles. The Balaban J connectivity index is 2.46. The standard InChI is InChI=1S/C12H14FNO4/c1-17-11(15)3-2-6-18-12(16)9-7-8(14)4-5-10(9)13/h4-5,7H,2-3,6,14H2,1H3. The van der Waals surface area contributed by atoms with Crippen molar-refractivity contribution in [1.82, 2.24) is 0 Å². The SMILES string of the molecule is COC(=O)CCCOC(=O)c1cc(N)ccc1F. The third-order valence-electron chi connectivity index (χ3n) is 2.20. The number of rotatable bonds is 5. The topological polar surface area (TPSA) is 78.6 Å². The minimum atomic E-state index is -0.801. The Labute approximate surface area is 104 Å². The van der Waals surface area contributed by atoms with Gasteiger partial charge in [0, 0.05) is 12.1 Å². The molecule has 98 valence electrons. The number of nitrogen functional groups attached to an aromatic ring is 1. The molecule has 0 saturated carbocycles. The van der Waals surface area contributed by atoms with Gasteiger partial charge in [-0.1, -0.05) is 0 Å². The molecule has 0 radical (unpaired) electrons. The van der Waals surface area contributed by atoms with Crippen LogP contribution in [0.1, 0.15) is 23.2 Å². The van der Waals surface area contributed by atoms with Gasteiger partial charge in [0.25, 0.3) is 0 Å². The Kier molecular flexibility index (Phi) is 5.10. The lowest BCUT2D eigenvalue weighted by Gasteiger charge is -2.06. The Hall–Kier alpha value is -2.11. The normalized spacial score (nSPS) is 9.89. The molecule has 18 heavy (non-hydrogen) atoms. The predicted octanol–water partition coefficient (Wildman–Crippen LogP) is 1.52. The van der Waals surface area contributed by atoms with E-state index in [1.54, 1.807) is 0 Å². The van der Waals surface area contributed by atoms with Gasteiger partial charge in [-0.3, -0.25) is 4.79 Å². The second-order valence-corrected chi connectivity index (χ2v) is 3.55. The average Bonchev–Trinajstić information content (AvgIpc) is 2.36. The van der Waals surface area contributed by atoms with Gasteiger partial charge in [0.2, 0.25) is 0 Å². The van der Waals surface area contributed by atoms with Crippen LogP contribution in [0.3, 0.4) is 0 Å². The van der Waals surface area contributed by atoms with Gasteiger partial charge >= 0.3 is 11.9 Å². The van der Waals surface area contributed by atoms with E-state index in [2.05, 4.69) is 4.74 Å². The Morgan fingerprint density at radius 1 is 1.39 bits per heavy atom. The van der Waals surface area contributed by atoms with E-state index in [-0.39, 0.29) is 30.2 Å². The molecular weight excluding hydrogens is 241 g/mol. The van der Waals surface area contributed by atoms with E-state index in [0.29, 0.717) is 6.42 Å². The molecule has 0 atom stereocenters. The molecule has 0 aliphatic carbocycles. The fourth-order valence-electron chi connectivity index (χ4n) is 1.26. The number of carbonyl (C=O) groups is 2. The molecule has 0 unspecified atom stereocenters. The molecule has 0 aliphatic rings. The number of benzene rings is 1. The highest BCUT2D eigenvalue weighted by molar-refractivity contribution is 5.90. The zero-order chi connectivity index (χ0) is 13.5. The molecule has 1 rings (SSSR count). The lowest BCUT2D eigenvalue weighted by Crippen LogP contribution is -2.10. The molecule has 6 heteroatoms. The van der Waals surface area contributed by atoms with E-state index in [1.165, 1.54) is 19.2 Å². The number of nitrogens with two attached hydrogens (primary N) is 1. The smallest absolute Gasteiger partial charge is 0.341 e. The number of esters is 2. The number of hydrogen-bond acceptors (Lipinski definition) is 5. The molecule has 1 aromatic rings. The molecular formula is C12H14FNO4. The maximum Gasteiger partial charge on any atom is 0.341 e. The van der Waals surface area contributed by atoms with Crippen LogP contribution in [0, 0.1) is 5.82 Å². The number of carbonyl (C=O) groups excluding carboxylic acids is 2. The number of methoxy groups -OCH3 is 1. The fourth-order valence-corrected chi connectivity index (χ4v) is 1.26. The highest BCUT2D eigenvalue weighted by atomic mass is 19.1. The van der Waals surface area contributed by atoms with Crippen molar-refractivity contribution in [2.75, 3.05) is 19.5 Å². The first-order chi connectivity index (χ1) is 8.54. The van der Waals surface area contributed by atoms with Crippen molar-refractivity contribution >= 4 is 17.6 Å². The summed E-state index contributed by atoms with van der Waals surface area (Å²) in [5.74, 6) is -1.88. The van der Waals surface area contributed by atoms with Crippen molar-refractivity contribution in [2.45, 2.75) is 12.8 Å². The molecule has 0 spiro atoms. The van der Waals surface area contributed by atoms with Crippen molar-refractivity contribution in [2.24, 2.45) is 0 Å². The summed E-state index contributed by atoms with van der Waals surface area (Å²) in [5.41, 5.74) is 5.50. The van der Waals surface area contributed by atoms with Crippen molar-refractivity contribution in [3.8, 4) is 0 Å². The van der Waals surface area contributed by atoms with Crippen molar-refractivity contribution < 1.29 is 23.5 Å².